The molecule has 32 heavy (non-hydrogen) atoms. The average Bonchev–Trinajstić information content (AvgIpc) is 2.85. The molecule has 7 heteroatoms. The van der Waals surface area contributed by atoms with Crippen molar-refractivity contribution in [1.82, 2.24) is 15.0 Å². The first-order valence-electron chi connectivity index (χ1n) is 10.8. The van der Waals surface area contributed by atoms with Gasteiger partial charge in [0.15, 0.2) is 0 Å². The molecule has 7 nitrogen and oxygen atoms in total. The van der Waals surface area contributed by atoms with E-state index in [0.717, 1.165) is 55.0 Å². The Kier molecular flexibility index (Phi) is 7.15. The molecule has 1 atom stereocenters. The van der Waals surface area contributed by atoms with Crippen LogP contribution < -0.4 is 15.4 Å². The lowest BCUT2D eigenvalue weighted by molar-refractivity contribution is 0.0134. The highest BCUT2D eigenvalue weighted by atomic mass is 16.5. The first kappa shape index (κ1) is 21.6. The number of aromatic nitrogens is 3. The van der Waals surface area contributed by atoms with E-state index in [4.69, 9.17) is 15.9 Å². The minimum atomic E-state index is 0.324. The molecular weight excluding hydrogens is 402 g/mol. The number of hydrogen-bond acceptors (Lipinski definition) is 7. The highest BCUT2D eigenvalue weighted by Gasteiger charge is 2.14. The van der Waals surface area contributed by atoms with E-state index in [0.29, 0.717) is 23.4 Å². The van der Waals surface area contributed by atoms with Crippen LogP contribution in [0.5, 0.6) is 5.75 Å². The van der Waals surface area contributed by atoms with Crippen molar-refractivity contribution in [2.75, 3.05) is 30.9 Å². The lowest BCUT2D eigenvalue weighted by Gasteiger charge is -2.23. The molecule has 0 spiro atoms. The van der Waals surface area contributed by atoms with Crippen molar-refractivity contribution in [2.45, 2.75) is 31.8 Å². The standard InChI is InChI=1S/C25H27N5O2/c1-3-19-15-28-25(17-27-19)30-24-14-23(26-12-11-21-6-4-5-13-32-21)22(16-29-24)18-7-9-20(31-2)10-8-18/h1,7-10,14-17,21H,4-6,11-13H2,2H3,(H2,26,28,29,30). The summed E-state index contributed by atoms with van der Waals surface area (Å²) in [5, 5.41) is 6.77. The quantitative estimate of drug-likeness (QED) is 0.505. The first-order chi connectivity index (χ1) is 15.7. The van der Waals surface area contributed by atoms with E-state index in [1.807, 2.05) is 36.5 Å². The second-order valence-electron chi connectivity index (χ2n) is 7.60. The van der Waals surface area contributed by atoms with Gasteiger partial charge >= 0.3 is 0 Å². The molecule has 1 aliphatic rings. The topological polar surface area (TPSA) is 81.2 Å². The van der Waals surface area contributed by atoms with Gasteiger partial charge in [-0.15, -0.1) is 6.42 Å². The maximum atomic E-state index is 5.87. The number of hydrogen-bond donors (Lipinski definition) is 2. The summed E-state index contributed by atoms with van der Waals surface area (Å²) in [5.41, 5.74) is 3.54. The van der Waals surface area contributed by atoms with Gasteiger partial charge in [0.05, 0.1) is 25.6 Å². The van der Waals surface area contributed by atoms with Crippen LogP contribution in [-0.2, 0) is 4.74 Å². The van der Waals surface area contributed by atoms with Crippen molar-refractivity contribution >= 4 is 17.3 Å². The summed E-state index contributed by atoms with van der Waals surface area (Å²) in [5.74, 6) is 4.53. The van der Waals surface area contributed by atoms with Crippen molar-refractivity contribution in [3.05, 3.63) is 54.6 Å². The van der Waals surface area contributed by atoms with Crippen molar-refractivity contribution in [2.24, 2.45) is 0 Å². The third-order valence-electron chi connectivity index (χ3n) is 5.42. The van der Waals surface area contributed by atoms with E-state index < -0.39 is 0 Å². The number of ether oxygens (including phenoxy) is 2. The predicted molar refractivity (Wildman–Crippen MR) is 126 cm³/mol. The molecule has 2 aromatic heterocycles. The van der Waals surface area contributed by atoms with Crippen molar-refractivity contribution in [1.29, 1.82) is 0 Å². The normalized spacial score (nSPS) is 15.6. The predicted octanol–water partition coefficient (Wildman–Crippen LogP) is 4.64. The number of pyridine rings is 1. The maximum Gasteiger partial charge on any atom is 0.150 e. The van der Waals surface area contributed by atoms with Crippen LogP contribution in [0, 0.1) is 12.3 Å². The summed E-state index contributed by atoms with van der Waals surface area (Å²) >= 11 is 0. The fourth-order valence-corrected chi connectivity index (χ4v) is 3.67. The second-order valence-corrected chi connectivity index (χ2v) is 7.60. The number of anilines is 3. The van der Waals surface area contributed by atoms with Gasteiger partial charge in [-0.25, -0.2) is 15.0 Å². The highest BCUT2D eigenvalue weighted by Crippen LogP contribution is 2.31. The van der Waals surface area contributed by atoms with Gasteiger partial charge in [-0.3, -0.25) is 0 Å². The fraction of sp³-hybridized carbons (Fsp3) is 0.320. The number of benzene rings is 1. The van der Waals surface area contributed by atoms with Gasteiger partial charge in [0, 0.05) is 36.7 Å². The molecule has 1 fully saturated rings. The van der Waals surface area contributed by atoms with Gasteiger partial charge in [0.1, 0.15) is 23.1 Å². The smallest absolute Gasteiger partial charge is 0.150 e. The van der Waals surface area contributed by atoms with Gasteiger partial charge in [-0.2, -0.15) is 0 Å². The summed E-state index contributed by atoms with van der Waals surface area (Å²) in [7, 11) is 1.66. The maximum absolute atomic E-state index is 5.87. The summed E-state index contributed by atoms with van der Waals surface area (Å²) in [4.78, 5) is 13.0. The van der Waals surface area contributed by atoms with Gasteiger partial charge in [-0.05, 0) is 49.3 Å². The zero-order valence-corrected chi connectivity index (χ0v) is 18.2. The molecular formula is C25H27N5O2. The number of rotatable bonds is 8. The number of methoxy groups -OCH3 is 1. The van der Waals surface area contributed by atoms with E-state index in [1.165, 1.54) is 6.42 Å². The average molecular weight is 430 g/mol. The molecule has 1 unspecified atom stereocenters. The van der Waals surface area contributed by atoms with Crippen molar-refractivity contribution < 1.29 is 9.47 Å². The SMILES string of the molecule is C#Cc1cnc(Nc2cc(NCCC3CCCCO3)c(-c3ccc(OC)cc3)cn2)cn1. The van der Waals surface area contributed by atoms with Crippen LogP contribution in [0.25, 0.3) is 11.1 Å². The molecule has 1 saturated heterocycles. The van der Waals surface area contributed by atoms with Gasteiger partial charge in [-0.1, -0.05) is 12.1 Å². The molecule has 2 N–H and O–H groups in total. The zero-order valence-electron chi connectivity index (χ0n) is 18.2. The molecule has 3 aromatic rings. The van der Waals surface area contributed by atoms with Crippen molar-refractivity contribution in [3.8, 4) is 29.2 Å². The number of nitrogens with zero attached hydrogens (tertiary/aromatic N) is 3. The lowest BCUT2D eigenvalue weighted by Crippen LogP contribution is -2.22. The van der Waals surface area contributed by atoms with Crippen LogP contribution in [0.2, 0.25) is 0 Å². The monoisotopic (exact) mass is 429 g/mol. The Morgan fingerprint density at radius 1 is 1.09 bits per heavy atom. The van der Waals surface area contributed by atoms with Crippen LogP contribution in [0.4, 0.5) is 17.3 Å². The molecule has 0 amide bonds. The van der Waals surface area contributed by atoms with Crippen LogP contribution >= 0.6 is 0 Å². The highest BCUT2D eigenvalue weighted by molar-refractivity contribution is 5.79. The molecule has 4 rings (SSSR count). The Labute approximate surface area is 188 Å². The summed E-state index contributed by atoms with van der Waals surface area (Å²) in [6.07, 6.45) is 15.2. The second kappa shape index (κ2) is 10.6. The largest absolute Gasteiger partial charge is 0.497 e. The van der Waals surface area contributed by atoms with Gasteiger partial charge in [0.2, 0.25) is 0 Å². The summed E-state index contributed by atoms with van der Waals surface area (Å²) in [6.45, 7) is 1.68. The van der Waals surface area contributed by atoms with Crippen LogP contribution in [0.15, 0.2) is 48.9 Å². The van der Waals surface area contributed by atoms with E-state index in [-0.39, 0.29) is 0 Å². The van der Waals surface area contributed by atoms with E-state index in [9.17, 15) is 0 Å². The fourth-order valence-electron chi connectivity index (χ4n) is 3.67. The minimum absolute atomic E-state index is 0.324. The zero-order chi connectivity index (χ0) is 22.2. The Bertz CT molecular complexity index is 1060. The Hall–Kier alpha value is -3.63. The van der Waals surface area contributed by atoms with Gasteiger partial charge < -0.3 is 20.1 Å². The Morgan fingerprint density at radius 2 is 1.94 bits per heavy atom. The molecule has 1 aromatic carbocycles. The summed E-state index contributed by atoms with van der Waals surface area (Å²) < 4.78 is 11.2. The van der Waals surface area contributed by atoms with Crippen molar-refractivity contribution in [3.63, 3.8) is 0 Å². The van der Waals surface area contributed by atoms with E-state index in [1.54, 1.807) is 19.5 Å². The number of nitrogens with one attached hydrogen (secondary N) is 2. The lowest BCUT2D eigenvalue weighted by atomic mass is 10.0. The molecule has 0 radical (unpaired) electrons. The summed E-state index contributed by atoms with van der Waals surface area (Å²) in [6, 6.07) is 9.94. The molecule has 1 aliphatic heterocycles. The molecule has 3 heterocycles. The molecule has 0 bridgehead atoms. The Balaban J connectivity index is 1.54. The van der Waals surface area contributed by atoms with Crippen LogP contribution in [0.1, 0.15) is 31.4 Å². The van der Waals surface area contributed by atoms with Crippen LogP contribution in [0.3, 0.4) is 0 Å². The minimum Gasteiger partial charge on any atom is -0.497 e. The molecule has 164 valence electrons. The Morgan fingerprint density at radius 3 is 2.62 bits per heavy atom. The molecule has 0 aliphatic carbocycles. The first-order valence-corrected chi connectivity index (χ1v) is 10.8. The third kappa shape index (κ3) is 5.54. The number of terminal acetylenes is 1. The third-order valence-corrected chi connectivity index (χ3v) is 5.42. The molecule has 0 saturated carbocycles. The van der Waals surface area contributed by atoms with E-state index >= 15 is 0 Å². The van der Waals surface area contributed by atoms with E-state index in [2.05, 4.69) is 31.5 Å². The van der Waals surface area contributed by atoms with Gasteiger partial charge in [0.25, 0.3) is 0 Å². The van der Waals surface area contributed by atoms with Crippen LogP contribution in [-0.4, -0.2) is 41.3 Å².